The molecule has 0 fully saturated rings. The standard InChI is InChI=1S/C14H21NO2/c1-9-11-7-13(17-5)12(16-4)6-10(11)8-14(2,3)15-9/h6-7,9,15H,8H2,1-5H3. The highest BCUT2D eigenvalue weighted by Gasteiger charge is 2.30. The van der Waals surface area contributed by atoms with Crippen molar-refractivity contribution in [1.29, 1.82) is 0 Å². The molecular weight excluding hydrogens is 214 g/mol. The molecule has 1 aromatic carbocycles. The van der Waals surface area contributed by atoms with Crippen LogP contribution < -0.4 is 14.8 Å². The van der Waals surface area contributed by atoms with E-state index < -0.39 is 0 Å². The third-order valence-electron chi connectivity index (χ3n) is 3.35. The predicted octanol–water partition coefficient (Wildman–Crippen LogP) is 2.69. The Balaban J connectivity index is 2.50. The van der Waals surface area contributed by atoms with E-state index >= 15 is 0 Å². The topological polar surface area (TPSA) is 30.5 Å². The summed E-state index contributed by atoms with van der Waals surface area (Å²) >= 11 is 0. The normalized spacial score (nSPS) is 21.8. The van der Waals surface area contributed by atoms with E-state index in [0.29, 0.717) is 6.04 Å². The SMILES string of the molecule is COc1cc2c(cc1OC)C(C)NC(C)(C)C2. The molecule has 3 heteroatoms. The Kier molecular flexibility index (Phi) is 3.04. The van der Waals surface area contributed by atoms with E-state index in [1.807, 2.05) is 0 Å². The van der Waals surface area contributed by atoms with Gasteiger partial charge in [-0.05, 0) is 50.5 Å². The first-order valence-electron chi connectivity index (χ1n) is 5.99. The van der Waals surface area contributed by atoms with E-state index in [-0.39, 0.29) is 5.54 Å². The van der Waals surface area contributed by atoms with Gasteiger partial charge in [0.25, 0.3) is 0 Å². The second-order valence-corrected chi connectivity index (χ2v) is 5.33. The highest BCUT2D eigenvalue weighted by molar-refractivity contribution is 5.49. The van der Waals surface area contributed by atoms with Crippen LogP contribution in [0.5, 0.6) is 11.5 Å². The number of ether oxygens (including phenoxy) is 2. The number of benzene rings is 1. The summed E-state index contributed by atoms with van der Waals surface area (Å²) in [6, 6.07) is 4.53. The monoisotopic (exact) mass is 235 g/mol. The van der Waals surface area contributed by atoms with Crippen LogP contribution in [0.25, 0.3) is 0 Å². The Morgan fingerprint density at radius 3 is 2.35 bits per heavy atom. The lowest BCUT2D eigenvalue weighted by molar-refractivity contribution is 0.315. The van der Waals surface area contributed by atoms with Gasteiger partial charge in [0, 0.05) is 11.6 Å². The van der Waals surface area contributed by atoms with Crippen molar-refractivity contribution in [2.75, 3.05) is 14.2 Å². The average molecular weight is 235 g/mol. The fraction of sp³-hybridized carbons (Fsp3) is 0.571. The molecule has 1 heterocycles. The molecule has 17 heavy (non-hydrogen) atoms. The first-order chi connectivity index (χ1) is 7.96. The Hall–Kier alpha value is -1.22. The molecular formula is C14H21NO2. The predicted molar refractivity (Wildman–Crippen MR) is 68.9 cm³/mol. The van der Waals surface area contributed by atoms with Gasteiger partial charge in [-0.2, -0.15) is 0 Å². The molecule has 2 rings (SSSR count). The number of nitrogens with one attached hydrogen (secondary N) is 1. The fourth-order valence-electron chi connectivity index (χ4n) is 2.68. The van der Waals surface area contributed by atoms with Crippen LogP contribution in [0.4, 0.5) is 0 Å². The Labute approximate surface area is 103 Å². The molecule has 0 spiro atoms. The van der Waals surface area contributed by atoms with Crippen molar-refractivity contribution < 1.29 is 9.47 Å². The van der Waals surface area contributed by atoms with Gasteiger partial charge in [-0.1, -0.05) is 0 Å². The summed E-state index contributed by atoms with van der Waals surface area (Å²) in [4.78, 5) is 0. The molecule has 1 aliphatic rings. The smallest absolute Gasteiger partial charge is 0.161 e. The lowest BCUT2D eigenvalue weighted by Crippen LogP contribution is -2.46. The molecule has 1 atom stereocenters. The second-order valence-electron chi connectivity index (χ2n) is 5.33. The number of rotatable bonds is 2. The van der Waals surface area contributed by atoms with Crippen LogP contribution in [0, 0.1) is 0 Å². The van der Waals surface area contributed by atoms with E-state index in [9.17, 15) is 0 Å². The van der Waals surface area contributed by atoms with Gasteiger partial charge in [0.05, 0.1) is 14.2 Å². The maximum Gasteiger partial charge on any atom is 0.161 e. The van der Waals surface area contributed by atoms with Gasteiger partial charge in [0.2, 0.25) is 0 Å². The minimum Gasteiger partial charge on any atom is -0.493 e. The molecule has 0 aromatic heterocycles. The van der Waals surface area contributed by atoms with Crippen molar-refractivity contribution in [3.63, 3.8) is 0 Å². The van der Waals surface area contributed by atoms with Crippen molar-refractivity contribution in [1.82, 2.24) is 5.32 Å². The largest absolute Gasteiger partial charge is 0.493 e. The van der Waals surface area contributed by atoms with Gasteiger partial charge in [0.15, 0.2) is 11.5 Å². The number of hydrogen-bond donors (Lipinski definition) is 1. The van der Waals surface area contributed by atoms with Gasteiger partial charge < -0.3 is 14.8 Å². The Bertz CT molecular complexity index is 426. The fourth-order valence-corrected chi connectivity index (χ4v) is 2.68. The summed E-state index contributed by atoms with van der Waals surface area (Å²) in [7, 11) is 3.36. The molecule has 0 saturated heterocycles. The molecule has 3 nitrogen and oxygen atoms in total. The molecule has 0 saturated carbocycles. The van der Waals surface area contributed by atoms with Crippen molar-refractivity contribution in [3.8, 4) is 11.5 Å². The molecule has 0 bridgehead atoms. The van der Waals surface area contributed by atoms with E-state index in [1.165, 1.54) is 11.1 Å². The summed E-state index contributed by atoms with van der Waals surface area (Å²) < 4.78 is 10.7. The molecule has 1 aromatic rings. The van der Waals surface area contributed by atoms with Crippen molar-refractivity contribution >= 4 is 0 Å². The third kappa shape index (κ3) is 2.25. The summed E-state index contributed by atoms with van der Waals surface area (Å²) in [5, 5.41) is 3.60. The zero-order valence-corrected chi connectivity index (χ0v) is 11.3. The molecule has 0 radical (unpaired) electrons. The van der Waals surface area contributed by atoms with Gasteiger partial charge in [-0.25, -0.2) is 0 Å². The lowest BCUT2D eigenvalue weighted by Gasteiger charge is -2.37. The molecule has 0 aliphatic carbocycles. The number of hydrogen-bond acceptors (Lipinski definition) is 3. The zero-order chi connectivity index (χ0) is 12.6. The number of fused-ring (bicyclic) bond motifs is 1. The van der Waals surface area contributed by atoms with Crippen LogP contribution in [-0.4, -0.2) is 19.8 Å². The Morgan fingerprint density at radius 1 is 1.18 bits per heavy atom. The minimum atomic E-state index is 0.131. The highest BCUT2D eigenvalue weighted by Crippen LogP contribution is 2.37. The number of methoxy groups -OCH3 is 2. The van der Waals surface area contributed by atoms with E-state index in [0.717, 1.165) is 17.9 Å². The van der Waals surface area contributed by atoms with Crippen LogP contribution >= 0.6 is 0 Å². The summed E-state index contributed by atoms with van der Waals surface area (Å²) in [5.41, 5.74) is 2.78. The first kappa shape index (κ1) is 12.2. The van der Waals surface area contributed by atoms with Crippen LogP contribution in [0.3, 0.4) is 0 Å². The Morgan fingerprint density at radius 2 is 1.76 bits per heavy atom. The first-order valence-corrected chi connectivity index (χ1v) is 5.99. The van der Waals surface area contributed by atoms with E-state index in [1.54, 1.807) is 14.2 Å². The molecule has 0 amide bonds. The van der Waals surface area contributed by atoms with Gasteiger partial charge in [-0.15, -0.1) is 0 Å². The maximum atomic E-state index is 5.36. The van der Waals surface area contributed by atoms with Gasteiger partial charge in [0.1, 0.15) is 0 Å². The minimum absolute atomic E-state index is 0.131. The highest BCUT2D eigenvalue weighted by atomic mass is 16.5. The molecule has 1 aliphatic heterocycles. The maximum absolute atomic E-state index is 5.36. The van der Waals surface area contributed by atoms with Crippen LogP contribution in [-0.2, 0) is 6.42 Å². The molecule has 94 valence electrons. The zero-order valence-electron chi connectivity index (χ0n) is 11.3. The lowest BCUT2D eigenvalue weighted by atomic mass is 9.84. The van der Waals surface area contributed by atoms with Crippen molar-refractivity contribution in [3.05, 3.63) is 23.3 Å². The summed E-state index contributed by atoms with van der Waals surface area (Å²) in [6.45, 7) is 6.64. The average Bonchev–Trinajstić information content (AvgIpc) is 2.26. The van der Waals surface area contributed by atoms with Gasteiger partial charge in [-0.3, -0.25) is 0 Å². The van der Waals surface area contributed by atoms with Crippen molar-refractivity contribution in [2.24, 2.45) is 0 Å². The molecule has 1 N–H and O–H groups in total. The quantitative estimate of drug-likeness (QED) is 0.855. The van der Waals surface area contributed by atoms with E-state index in [4.69, 9.17) is 9.47 Å². The molecule has 1 unspecified atom stereocenters. The summed E-state index contributed by atoms with van der Waals surface area (Å²) in [6.07, 6.45) is 1.01. The van der Waals surface area contributed by atoms with Gasteiger partial charge >= 0.3 is 0 Å². The van der Waals surface area contributed by atoms with E-state index in [2.05, 4.69) is 38.2 Å². The van der Waals surface area contributed by atoms with Crippen LogP contribution in [0.1, 0.15) is 37.9 Å². The van der Waals surface area contributed by atoms with Crippen LogP contribution in [0.15, 0.2) is 12.1 Å². The van der Waals surface area contributed by atoms with Crippen LogP contribution in [0.2, 0.25) is 0 Å². The third-order valence-corrected chi connectivity index (χ3v) is 3.35. The van der Waals surface area contributed by atoms with Crippen molar-refractivity contribution in [2.45, 2.75) is 38.8 Å². The summed E-state index contributed by atoms with van der Waals surface area (Å²) in [5.74, 6) is 1.62. The second kappa shape index (κ2) is 4.22.